The lowest BCUT2D eigenvalue weighted by atomic mass is 9.93. The Labute approximate surface area is 120 Å². The van der Waals surface area contributed by atoms with E-state index in [9.17, 15) is 0 Å². The van der Waals surface area contributed by atoms with Crippen molar-refractivity contribution in [3.63, 3.8) is 0 Å². The van der Waals surface area contributed by atoms with Crippen LogP contribution < -0.4 is 5.32 Å². The van der Waals surface area contributed by atoms with Crippen LogP contribution in [0.4, 0.5) is 0 Å². The van der Waals surface area contributed by atoms with Gasteiger partial charge in [0.05, 0.1) is 18.2 Å². The molecule has 106 valence electrons. The molecule has 0 unspecified atom stereocenters. The van der Waals surface area contributed by atoms with Gasteiger partial charge in [0.2, 0.25) is 0 Å². The van der Waals surface area contributed by atoms with Crippen molar-refractivity contribution in [2.75, 3.05) is 7.05 Å². The van der Waals surface area contributed by atoms with E-state index in [1.165, 1.54) is 23.8 Å². The SMILES string of the molecule is CNC1CCC(OCc2ccnc3ccccc23)CC1. The number of rotatable bonds is 4. The van der Waals surface area contributed by atoms with E-state index in [4.69, 9.17) is 4.74 Å². The fourth-order valence-corrected chi connectivity index (χ4v) is 3.01. The average molecular weight is 270 g/mol. The number of ether oxygens (including phenoxy) is 1. The van der Waals surface area contributed by atoms with Crippen LogP contribution in [-0.2, 0) is 11.3 Å². The number of fused-ring (bicyclic) bond motifs is 1. The van der Waals surface area contributed by atoms with E-state index < -0.39 is 0 Å². The predicted molar refractivity (Wildman–Crippen MR) is 81.6 cm³/mol. The molecule has 1 fully saturated rings. The van der Waals surface area contributed by atoms with Crippen LogP contribution in [0.2, 0.25) is 0 Å². The third-order valence-electron chi connectivity index (χ3n) is 4.30. The fourth-order valence-electron chi connectivity index (χ4n) is 3.01. The first-order valence-corrected chi connectivity index (χ1v) is 7.48. The zero-order valence-electron chi connectivity index (χ0n) is 12.0. The van der Waals surface area contributed by atoms with Crippen molar-refractivity contribution in [1.82, 2.24) is 10.3 Å². The van der Waals surface area contributed by atoms with Gasteiger partial charge in [-0.05, 0) is 50.4 Å². The normalized spacial score (nSPS) is 23.1. The van der Waals surface area contributed by atoms with Crippen molar-refractivity contribution in [2.45, 2.75) is 44.4 Å². The summed E-state index contributed by atoms with van der Waals surface area (Å²) in [5, 5.41) is 4.57. The van der Waals surface area contributed by atoms with Crippen LogP contribution in [0.1, 0.15) is 31.2 Å². The Hall–Kier alpha value is -1.45. The van der Waals surface area contributed by atoms with Gasteiger partial charge in [-0.1, -0.05) is 18.2 Å². The largest absolute Gasteiger partial charge is 0.374 e. The van der Waals surface area contributed by atoms with Gasteiger partial charge in [0.25, 0.3) is 0 Å². The molecule has 1 heterocycles. The van der Waals surface area contributed by atoms with Gasteiger partial charge in [0, 0.05) is 17.6 Å². The lowest BCUT2D eigenvalue weighted by Gasteiger charge is -2.28. The van der Waals surface area contributed by atoms with Crippen LogP contribution in [0.25, 0.3) is 10.9 Å². The molecule has 0 amide bonds. The molecule has 1 aliphatic rings. The first kappa shape index (κ1) is 13.5. The van der Waals surface area contributed by atoms with Crippen LogP contribution in [0.15, 0.2) is 36.5 Å². The molecule has 3 nitrogen and oxygen atoms in total. The van der Waals surface area contributed by atoms with Gasteiger partial charge in [-0.15, -0.1) is 0 Å². The van der Waals surface area contributed by atoms with E-state index in [1.807, 2.05) is 12.3 Å². The maximum absolute atomic E-state index is 6.11. The van der Waals surface area contributed by atoms with Crippen molar-refractivity contribution in [1.29, 1.82) is 0 Å². The number of pyridine rings is 1. The molecule has 1 aliphatic carbocycles. The second kappa shape index (κ2) is 6.33. The van der Waals surface area contributed by atoms with Crippen molar-refractivity contribution in [3.8, 4) is 0 Å². The highest BCUT2D eigenvalue weighted by atomic mass is 16.5. The summed E-state index contributed by atoms with van der Waals surface area (Å²) in [7, 11) is 2.05. The van der Waals surface area contributed by atoms with Gasteiger partial charge in [-0.3, -0.25) is 4.98 Å². The summed E-state index contributed by atoms with van der Waals surface area (Å²) < 4.78 is 6.11. The Kier molecular flexibility index (Phi) is 4.28. The summed E-state index contributed by atoms with van der Waals surface area (Å²) in [6, 6.07) is 11.0. The van der Waals surface area contributed by atoms with Crippen LogP contribution in [0, 0.1) is 0 Å². The molecule has 20 heavy (non-hydrogen) atoms. The minimum atomic E-state index is 0.409. The Morgan fingerprint density at radius 3 is 2.75 bits per heavy atom. The van der Waals surface area contributed by atoms with Crippen molar-refractivity contribution >= 4 is 10.9 Å². The van der Waals surface area contributed by atoms with Crippen LogP contribution in [-0.4, -0.2) is 24.2 Å². The van der Waals surface area contributed by atoms with Crippen molar-refractivity contribution in [3.05, 3.63) is 42.1 Å². The number of aromatic nitrogens is 1. The molecule has 0 aliphatic heterocycles. The molecule has 0 saturated heterocycles. The van der Waals surface area contributed by atoms with Gasteiger partial charge in [0.1, 0.15) is 0 Å². The second-order valence-corrected chi connectivity index (χ2v) is 5.56. The van der Waals surface area contributed by atoms with Gasteiger partial charge >= 0.3 is 0 Å². The Balaban J connectivity index is 1.63. The van der Waals surface area contributed by atoms with E-state index in [-0.39, 0.29) is 0 Å². The molecule has 1 aromatic heterocycles. The Bertz CT molecular complexity index is 556. The number of para-hydroxylation sites is 1. The predicted octanol–water partition coefficient (Wildman–Crippen LogP) is 3.28. The van der Waals surface area contributed by atoms with Crippen LogP contribution in [0.5, 0.6) is 0 Å². The highest BCUT2D eigenvalue weighted by Gasteiger charge is 2.20. The van der Waals surface area contributed by atoms with Crippen LogP contribution >= 0.6 is 0 Å². The number of nitrogens with one attached hydrogen (secondary N) is 1. The molecule has 0 radical (unpaired) electrons. The molecule has 1 N–H and O–H groups in total. The summed E-state index contributed by atoms with van der Waals surface area (Å²) in [5.74, 6) is 0. The standard InChI is InChI=1S/C17H22N2O/c1-18-14-6-8-15(9-7-14)20-12-13-10-11-19-17-5-3-2-4-16(13)17/h2-5,10-11,14-15,18H,6-9,12H2,1H3. The van der Waals surface area contributed by atoms with Crippen LogP contribution in [0.3, 0.4) is 0 Å². The molecule has 1 saturated carbocycles. The van der Waals surface area contributed by atoms with Gasteiger partial charge < -0.3 is 10.1 Å². The van der Waals surface area contributed by atoms with Gasteiger partial charge in [-0.2, -0.15) is 0 Å². The Morgan fingerprint density at radius 2 is 1.95 bits per heavy atom. The third kappa shape index (κ3) is 3.00. The maximum Gasteiger partial charge on any atom is 0.0727 e. The molecular formula is C17H22N2O. The van der Waals surface area contributed by atoms with Gasteiger partial charge in [0.15, 0.2) is 0 Å². The molecule has 3 heteroatoms. The lowest BCUT2D eigenvalue weighted by Crippen LogP contribution is -2.32. The quantitative estimate of drug-likeness (QED) is 0.925. The summed E-state index contributed by atoms with van der Waals surface area (Å²) in [6.45, 7) is 0.692. The number of hydrogen-bond donors (Lipinski definition) is 1. The van der Waals surface area contributed by atoms with Gasteiger partial charge in [-0.25, -0.2) is 0 Å². The summed E-state index contributed by atoms with van der Waals surface area (Å²) in [5.41, 5.74) is 2.29. The van der Waals surface area contributed by atoms with E-state index in [2.05, 4.69) is 41.6 Å². The minimum Gasteiger partial charge on any atom is -0.374 e. The second-order valence-electron chi connectivity index (χ2n) is 5.56. The Morgan fingerprint density at radius 1 is 1.15 bits per heavy atom. The molecule has 0 bridgehead atoms. The van der Waals surface area contributed by atoms with E-state index in [0.29, 0.717) is 18.8 Å². The highest BCUT2D eigenvalue weighted by Crippen LogP contribution is 2.23. The average Bonchev–Trinajstić information content (AvgIpc) is 2.53. The molecule has 0 spiro atoms. The summed E-state index contributed by atoms with van der Waals surface area (Å²) >= 11 is 0. The summed E-state index contributed by atoms with van der Waals surface area (Å²) in [4.78, 5) is 4.39. The molecule has 0 atom stereocenters. The topological polar surface area (TPSA) is 34.1 Å². The number of hydrogen-bond acceptors (Lipinski definition) is 3. The van der Waals surface area contributed by atoms with E-state index in [0.717, 1.165) is 18.4 Å². The van der Waals surface area contributed by atoms with Crippen molar-refractivity contribution in [2.24, 2.45) is 0 Å². The third-order valence-corrected chi connectivity index (χ3v) is 4.30. The highest BCUT2D eigenvalue weighted by molar-refractivity contribution is 5.81. The summed E-state index contributed by atoms with van der Waals surface area (Å²) in [6.07, 6.45) is 7.05. The van der Waals surface area contributed by atoms with E-state index >= 15 is 0 Å². The molecule has 3 rings (SSSR count). The van der Waals surface area contributed by atoms with E-state index in [1.54, 1.807) is 0 Å². The molecular weight excluding hydrogens is 248 g/mol. The van der Waals surface area contributed by atoms with Crippen molar-refractivity contribution < 1.29 is 4.74 Å². The number of benzene rings is 1. The first-order valence-electron chi connectivity index (χ1n) is 7.48. The maximum atomic E-state index is 6.11. The molecule has 2 aromatic rings. The lowest BCUT2D eigenvalue weighted by molar-refractivity contribution is 0.0123. The molecule has 1 aromatic carbocycles. The number of nitrogens with zero attached hydrogens (tertiary/aromatic N) is 1. The fraction of sp³-hybridized carbons (Fsp3) is 0.471. The first-order chi connectivity index (χ1) is 9.86. The zero-order chi connectivity index (χ0) is 13.8. The smallest absolute Gasteiger partial charge is 0.0727 e. The monoisotopic (exact) mass is 270 g/mol. The zero-order valence-corrected chi connectivity index (χ0v) is 12.0. The minimum absolute atomic E-state index is 0.409.